The van der Waals surface area contributed by atoms with Crippen LogP contribution in [0.25, 0.3) is 0 Å². The van der Waals surface area contributed by atoms with E-state index >= 15 is 0 Å². The molecular formula is C9H9N5O2. The van der Waals surface area contributed by atoms with Gasteiger partial charge in [-0.25, -0.2) is 0 Å². The normalized spacial score (nSPS) is 10.0. The van der Waals surface area contributed by atoms with Gasteiger partial charge < -0.3 is 15.6 Å². The molecule has 2 rings (SSSR count). The quantitative estimate of drug-likeness (QED) is 0.759. The summed E-state index contributed by atoms with van der Waals surface area (Å²) in [5, 5.41) is 13.9. The summed E-state index contributed by atoms with van der Waals surface area (Å²) in [7, 11) is 0. The van der Waals surface area contributed by atoms with Crippen molar-refractivity contribution in [1.29, 1.82) is 0 Å². The molecular weight excluding hydrogens is 210 g/mol. The molecule has 0 aromatic carbocycles. The van der Waals surface area contributed by atoms with E-state index in [1.807, 2.05) is 0 Å². The Morgan fingerprint density at radius 2 is 2.25 bits per heavy atom. The standard InChI is InChI=1S/C9H9N5O2/c10-9(15)7-1-2-8(14-13-7)11-5-6-3-4-12-16-6/h1-4H,5H2,(H2,10,15)(H,11,14). The fourth-order valence-electron chi connectivity index (χ4n) is 1.07. The van der Waals surface area contributed by atoms with E-state index in [4.69, 9.17) is 10.3 Å². The van der Waals surface area contributed by atoms with Crippen LogP contribution in [0, 0.1) is 0 Å². The SMILES string of the molecule is NC(=O)c1ccc(NCc2ccno2)nn1. The lowest BCUT2D eigenvalue weighted by atomic mass is 10.3. The zero-order valence-electron chi connectivity index (χ0n) is 8.25. The third-order valence-electron chi connectivity index (χ3n) is 1.85. The van der Waals surface area contributed by atoms with Gasteiger partial charge in [0.15, 0.2) is 11.5 Å². The highest BCUT2D eigenvalue weighted by Gasteiger charge is 2.03. The second kappa shape index (κ2) is 4.39. The second-order valence-electron chi connectivity index (χ2n) is 3.00. The van der Waals surface area contributed by atoms with Crippen LogP contribution in [0.5, 0.6) is 0 Å². The molecule has 0 aliphatic carbocycles. The summed E-state index contributed by atoms with van der Waals surface area (Å²) in [6.45, 7) is 0.449. The summed E-state index contributed by atoms with van der Waals surface area (Å²) < 4.78 is 4.88. The van der Waals surface area contributed by atoms with Crippen molar-refractivity contribution in [3.05, 3.63) is 35.9 Å². The Morgan fingerprint density at radius 3 is 2.81 bits per heavy atom. The first kappa shape index (κ1) is 10.1. The summed E-state index contributed by atoms with van der Waals surface area (Å²) in [6.07, 6.45) is 1.55. The molecule has 2 heterocycles. The lowest BCUT2D eigenvalue weighted by Crippen LogP contribution is -2.14. The van der Waals surface area contributed by atoms with Crippen LogP contribution in [0.1, 0.15) is 16.2 Å². The maximum atomic E-state index is 10.7. The Bertz CT molecular complexity index is 465. The number of aromatic nitrogens is 3. The highest BCUT2D eigenvalue weighted by Crippen LogP contribution is 2.04. The number of carbonyl (C=O) groups excluding carboxylic acids is 1. The maximum Gasteiger partial charge on any atom is 0.269 e. The smallest absolute Gasteiger partial charge is 0.269 e. The van der Waals surface area contributed by atoms with E-state index in [-0.39, 0.29) is 5.69 Å². The Kier molecular flexibility index (Phi) is 2.77. The van der Waals surface area contributed by atoms with Crippen molar-refractivity contribution < 1.29 is 9.32 Å². The molecule has 3 N–H and O–H groups in total. The molecule has 7 nitrogen and oxygen atoms in total. The number of hydrogen-bond donors (Lipinski definition) is 2. The van der Waals surface area contributed by atoms with E-state index in [1.54, 1.807) is 18.3 Å². The van der Waals surface area contributed by atoms with Crippen molar-refractivity contribution in [2.75, 3.05) is 5.32 Å². The Balaban J connectivity index is 1.98. The monoisotopic (exact) mass is 219 g/mol. The minimum absolute atomic E-state index is 0.130. The van der Waals surface area contributed by atoms with Gasteiger partial charge in [-0.1, -0.05) is 5.16 Å². The minimum atomic E-state index is -0.603. The van der Waals surface area contributed by atoms with Crippen molar-refractivity contribution >= 4 is 11.7 Å². The fraction of sp³-hybridized carbons (Fsp3) is 0.111. The summed E-state index contributed by atoms with van der Waals surface area (Å²) in [6, 6.07) is 4.85. The highest BCUT2D eigenvalue weighted by molar-refractivity contribution is 5.90. The molecule has 2 aromatic rings. The topological polar surface area (TPSA) is 107 Å². The average molecular weight is 219 g/mol. The Morgan fingerprint density at radius 1 is 1.38 bits per heavy atom. The van der Waals surface area contributed by atoms with Crippen LogP contribution in [0.3, 0.4) is 0 Å². The Labute approximate surface area is 90.6 Å². The van der Waals surface area contributed by atoms with Gasteiger partial charge >= 0.3 is 0 Å². The summed E-state index contributed by atoms with van der Waals surface area (Å²) in [5.41, 5.74) is 5.16. The largest absolute Gasteiger partial charge is 0.364 e. The minimum Gasteiger partial charge on any atom is -0.364 e. The number of nitrogens with zero attached hydrogens (tertiary/aromatic N) is 3. The van der Waals surface area contributed by atoms with Gasteiger partial charge in [-0.05, 0) is 12.1 Å². The number of amides is 1. The number of carbonyl (C=O) groups is 1. The summed E-state index contributed by atoms with van der Waals surface area (Å²) in [5.74, 6) is 0.608. The second-order valence-corrected chi connectivity index (χ2v) is 3.00. The third-order valence-corrected chi connectivity index (χ3v) is 1.85. The van der Waals surface area contributed by atoms with Crippen LogP contribution in [0.4, 0.5) is 5.82 Å². The third kappa shape index (κ3) is 2.32. The molecule has 0 atom stereocenters. The van der Waals surface area contributed by atoms with Gasteiger partial charge in [0, 0.05) is 6.07 Å². The first-order valence-electron chi connectivity index (χ1n) is 4.52. The molecule has 0 saturated heterocycles. The van der Waals surface area contributed by atoms with E-state index in [9.17, 15) is 4.79 Å². The molecule has 16 heavy (non-hydrogen) atoms. The predicted octanol–water partition coefficient (Wildman–Crippen LogP) is 0.176. The molecule has 0 saturated carbocycles. The van der Waals surface area contributed by atoms with Gasteiger partial charge in [-0.3, -0.25) is 4.79 Å². The van der Waals surface area contributed by atoms with Gasteiger partial charge in [0.05, 0.1) is 12.7 Å². The predicted molar refractivity (Wildman–Crippen MR) is 54.4 cm³/mol. The van der Waals surface area contributed by atoms with Crippen molar-refractivity contribution in [2.45, 2.75) is 6.54 Å². The van der Waals surface area contributed by atoms with Gasteiger partial charge in [0.2, 0.25) is 0 Å². The van der Waals surface area contributed by atoms with Crippen LogP contribution in [0.15, 0.2) is 28.9 Å². The average Bonchev–Trinajstić information content (AvgIpc) is 2.80. The number of nitrogens with two attached hydrogens (primary N) is 1. The van der Waals surface area contributed by atoms with Crippen molar-refractivity contribution in [3.63, 3.8) is 0 Å². The number of anilines is 1. The first-order valence-corrected chi connectivity index (χ1v) is 4.52. The highest BCUT2D eigenvalue weighted by atomic mass is 16.5. The zero-order valence-corrected chi connectivity index (χ0v) is 8.25. The summed E-state index contributed by atoms with van der Waals surface area (Å²) >= 11 is 0. The molecule has 1 amide bonds. The number of hydrogen-bond acceptors (Lipinski definition) is 6. The van der Waals surface area contributed by atoms with Crippen LogP contribution in [0.2, 0.25) is 0 Å². The molecule has 0 spiro atoms. The van der Waals surface area contributed by atoms with E-state index in [0.29, 0.717) is 18.1 Å². The number of nitrogens with one attached hydrogen (secondary N) is 1. The van der Waals surface area contributed by atoms with Crippen molar-refractivity contribution in [3.8, 4) is 0 Å². The molecule has 2 aromatic heterocycles. The van der Waals surface area contributed by atoms with Gasteiger partial charge in [-0.15, -0.1) is 10.2 Å². The molecule has 7 heteroatoms. The van der Waals surface area contributed by atoms with Gasteiger partial charge in [-0.2, -0.15) is 0 Å². The van der Waals surface area contributed by atoms with E-state index in [1.165, 1.54) is 6.07 Å². The van der Waals surface area contributed by atoms with Crippen LogP contribution < -0.4 is 11.1 Å². The number of rotatable bonds is 4. The molecule has 0 unspecified atom stereocenters. The molecule has 0 radical (unpaired) electrons. The molecule has 0 aliphatic rings. The van der Waals surface area contributed by atoms with Crippen LogP contribution in [-0.2, 0) is 6.54 Å². The van der Waals surface area contributed by atoms with Crippen LogP contribution >= 0.6 is 0 Å². The number of primary amides is 1. The fourth-order valence-corrected chi connectivity index (χ4v) is 1.07. The van der Waals surface area contributed by atoms with E-state index in [2.05, 4.69) is 20.7 Å². The summed E-state index contributed by atoms with van der Waals surface area (Å²) in [4.78, 5) is 10.7. The molecule has 0 aliphatic heterocycles. The van der Waals surface area contributed by atoms with Gasteiger partial charge in [0.25, 0.3) is 5.91 Å². The van der Waals surface area contributed by atoms with E-state index in [0.717, 1.165) is 0 Å². The van der Waals surface area contributed by atoms with Crippen molar-refractivity contribution in [2.24, 2.45) is 5.73 Å². The zero-order chi connectivity index (χ0) is 11.4. The van der Waals surface area contributed by atoms with E-state index < -0.39 is 5.91 Å². The van der Waals surface area contributed by atoms with Gasteiger partial charge in [0.1, 0.15) is 5.82 Å². The lowest BCUT2D eigenvalue weighted by Gasteiger charge is -2.01. The molecule has 82 valence electrons. The molecule has 0 fully saturated rings. The van der Waals surface area contributed by atoms with Crippen molar-refractivity contribution in [1.82, 2.24) is 15.4 Å². The van der Waals surface area contributed by atoms with Crippen LogP contribution in [-0.4, -0.2) is 21.3 Å². The lowest BCUT2D eigenvalue weighted by molar-refractivity contribution is 0.0994. The maximum absolute atomic E-state index is 10.7. The molecule has 0 bridgehead atoms. The first-order chi connectivity index (χ1) is 7.75. The Hall–Kier alpha value is -2.44.